The van der Waals surface area contributed by atoms with Crippen LogP contribution in [0.3, 0.4) is 0 Å². The van der Waals surface area contributed by atoms with Gasteiger partial charge in [0.05, 0.1) is 0 Å². The molecule has 2 rings (SSSR count). The first-order chi connectivity index (χ1) is 7.56. The minimum Gasteiger partial charge on any atom is -0.423 e. The van der Waals surface area contributed by atoms with Crippen LogP contribution in [-0.2, 0) is 4.57 Å². The molecule has 1 aromatic carbocycles. The van der Waals surface area contributed by atoms with Gasteiger partial charge in [-0.2, -0.15) is 0 Å². The quantitative estimate of drug-likeness (QED) is 0.641. The fourth-order valence-corrected chi connectivity index (χ4v) is 1.75. The van der Waals surface area contributed by atoms with Crippen LogP contribution in [0.15, 0.2) is 33.5 Å². The highest BCUT2D eigenvalue weighted by Gasteiger charge is 2.15. The molecule has 16 heavy (non-hydrogen) atoms. The normalized spacial score (nSPS) is 11.5. The van der Waals surface area contributed by atoms with Crippen molar-refractivity contribution >= 4 is 19.2 Å². The number of fused-ring (bicyclic) bond motifs is 1. The number of hydrogen-bond donors (Lipinski definition) is 1. The van der Waals surface area contributed by atoms with Crippen molar-refractivity contribution in [2.24, 2.45) is 0 Å². The van der Waals surface area contributed by atoms with Crippen molar-refractivity contribution in [2.45, 2.75) is 6.92 Å². The lowest BCUT2D eigenvalue weighted by molar-refractivity contribution is 0.410. The molecule has 0 aliphatic carbocycles. The van der Waals surface area contributed by atoms with Gasteiger partial charge in [-0.25, -0.2) is 9.32 Å². The van der Waals surface area contributed by atoms with Crippen LogP contribution in [0.1, 0.15) is 5.56 Å². The highest BCUT2D eigenvalue weighted by atomic mass is 31.1. The molecule has 0 radical (unpaired) electrons. The second-order valence-corrected chi connectivity index (χ2v) is 3.89. The summed E-state index contributed by atoms with van der Waals surface area (Å²) in [6, 6.07) is 6.00. The standard InChI is InChI=1S/C10H7O5P/c1-6-4-10(11)14-9-5-7(15-16(12)13)2-3-8(6)9/h2-5H,1H3/p+1. The zero-order chi connectivity index (χ0) is 11.7. The molecule has 0 aliphatic heterocycles. The van der Waals surface area contributed by atoms with E-state index in [1.165, 1.54) is 12.1 Å². The Kier molecular flexibility index (Phi) is 2.73. The maximum absolute atomic E-state index is 11.1. The number of benzene rings is 1. The number of hydrogen-bond acceptors (Lipinski definition) is 4. The van der Waals surface area contributed by atoms with Crippen molar-refractivity contribution in [1.82, 2.24) is 0 Å². The van der Waals surface area contributed by atoms with E-state index in [1.54, 1.807) is 19.1 Å². The summed E-state index contributed by atoms with van der Waals surface area (Å²) in [5.41, 5.74) is 0.654. The second kappa shape index (κ2) is 4.04. The summed E-state index contributed by atoms with van der Waals surface area (Å²) >= 11 is 0. The summed E-state index contributed by atoms with van der Waals surface area (Å²) in [4.78, 5) is 19.7. The largest absolute Gasteiger partial charge is 0.747 e. The van der Waals surface area contributed by atoms with Crippen LogP contribution in [0.4, 0.5) is 0 Å². The Morgan fingerprint density at radius 3 is 2.81 bits per heavy atom. The lowest BCUT2D eigenvalue weighted by Gasteiger charge is -1.99. The molecule has 6 heteroatoms. The van der Waals surface area contributed by atoms with Crippen LogP contribution in [-0.4, -0.2) is 4.89 Å². The van der Waals surface area contributed by atoms with Crippen LogP contribution in [0.2, 0.25) is 0 Å². The summed E-state index contributed by atoms with van der Waals surface area (Å²) < 4.78 is 20.0. The molecule has 0 saturated heterocycles. The van der Waals surface area contributed by atoms with Crippen molar-refractivity contribution in [2.75, 3.05) is 0 Å². The van der Waals surface area contributed by atoms with Crippen LogP contribution in [0.5, 0.6) is 5.75 Å². The smallest absolute Gasteiger partial charge is 0.423 e. The van der Waals surface area contributed by atoms with Crippen molar-refractivity contribution in [3.05, 3.63) is 40.2 Å². The first-order valence-electron chi connectivity index (χ1n) is 4.45. The van der Waals surface area contributed by atoms with E-state index in [4.69, 9.17) is 9.31 Å². The van der Waals surface area contributed by atoms with Crippen LogP contribution in [0.25, 0.3) is 11.0 Å². The summed E-state index contributed by atoms with van der Waals surface area (Å²) in [5.74, 6) is 0.185. The first kappa shape index (κ1) is 10.8. The molecule has 0 aliphatic rings. The van der Waals surface area contributed by atoms with E-state index in [-0.39, 0.29) is 5.75 Å². The van der Waals surface area contributed by atoms with Gasteiger partial charge in [-0.05, 0) is 24.6 Å². The third-order valence-corrected chi connectivity index (χ3v) is 2.47. The number of rotatable bonds is 2. The molecule has 0 spiro atoms. The zero-order valence-corrected chi connectivity index (χ0v) is 9.23. The molecule has 0 fully saturated rings. The summed E-state index contributed by atoms with van der Waals surface area (Å²) in [6.45, 7) is 1.78. The topological polar surface area (TPSA) is 76.7 Å². The Labute approximate surface area is 91.2 Å². The van der Waals surface area contributed by atoms with Gasteiger partial charge in [0.15, 0.2) is 5.75 Å². The van der Waals surface area contributed by atoms with E-state index >= 15 is 0 Å². The maximum Gasteiger partial charge on any atom is 0.747 e. The number of aryl methyl sites for hydroxylation is 1. The molecule has 2 aromatic rings. The lowest BCUT2D eigenvalue weighted by atomic mass is 10.1. The Hall–Kier alpha value is -1.71. The summed E-state index contributed by atoms with van der Waals surface area (Å²) in [5, 5.41) is 0.764. The van der Waals surface area contributed by atoms with Crippen molar-refractivity contribution in [3.8, 4) is 5.75 Å². The minimum atomic E-state index is -2.72. The van der Waals surface area contributed by atoms with Gasteiger partial charge in [0.25, 0.3) is 0 Å². The van der Waals surface area contributed by atoms with Crippen molar-refractivity contribution in [1.29, 1.82) is 0 Å². The first-order valence-corrected chi connectivity index (χ1v) is 5.58. The summed E-state index contributed by atoms with van der Waals surface area (Å²) in [7, 11) is -2.72. The zero-order valence-electron chi connectivity index (χ0n) is 8.34. The molecular formula is C10H8O5P+. The highest BCUT2D eigenvalue weighted by Crippen LogP contribution is 2.27. The molecule has 82 valence electrons. The molecule has 0 bridgehead atoms. The predicted molar refractivity (Wildman–Crippen MR) is 57.7 cm³/mol. The van der Waals surface area contributed by atoms with Crippen LogP contribution in [0, 0.1) is 6.92 Å². The fourth-order valence-electron chi connectivity index (χ4n) is 1.45. The molecule has 5 nitrogen and oxygen atoms in total. The monoisotopic (exact) mass is 239 g/mol. The van der Waals surface area contributed by atoms with E-state index in [2.05, 4.69) is 4.52 Å². The SMILES string of the molecule is Cc1cc(=O)oc2cc(O[P+](=O)O)ccc12. The Bertz CT molecular complexity index is 616. The van der Waals surface area contributed by atoms with Gasteiger partial charge in [-0.15, -0.1) is 4.89 Å². The highest BCUT2D eigenvalue weighted by molar-refractivity contribution is 7.32. The maximum atomic E-state index is 11.1. The van der Waals surface area contributed by atoms with E-state index < -0.39 is 13.9 Å². The predicted octanol–water partition coefficient (Wildman–Crippen LogP) is 2.13. The van der Waals surface area contributed by atoms with Gasteiger partial charge in [-0.3, -0.25) is 0 Å². The molecular weight excluding hydrogens is 231 g/mol. The Morgan fingerprint density at radius 2 is 2.12 bits per heavy atom. The molecule has 1 heterocycles. The Morgan fingerprint density at radius 1 is 1.38 bits per heavy atom. The molecule has 1 unspecified atom stereocenters. The van der Waals surface area contributed by atoms with Gasteiger partial charge in [0, 0.05) is 22.1 Å². The third-order valence-electron chi connectivity index (χ3n) is 2.11. The van der Waals surface area contributed by atoms with Crippen LogP contribution >= 0.6 is 8.25 Å². The van der Waals surface area contributed by atoms with Crippen LogP contribution < -0.4 is 10.1 Å². The van der Waals surface area contributed by atoms with Gasteiger partial charge >= 0.3 is 13.9 Å². The Balaban J connectivity index is 2.61. The van der Waals surface area contributed by atoms with E-state index in [0.29, 0.717) is 5.58 Å². The van der Waals surface area contributed by atoms with Gasteiger partial charge in [0.1, 0.15) is 5.58 Å². The molecule has 1 aromatic heterocycles. The van der Waals surface area contributed by atoms with Gasteiger partial charge in [-0.1, -0.05) is 0 Å². The second-order valence-electron chi connectivity index (χ2n) is 3.24. The average Bonchev–Trinajstić information content (AvgIpc) is 2.15. The summed E-state index contributed by atoms with van der Waals surface area (Å²) in [6.07, 6.45) is 0. The fraction of sp³-hybridized carbons (Fsp3) is 0.100. The molecule has 0 saturated carbocycles. The van der Waals surface area contributed by atoms with Gasteiger partial charge < -0.3 is 4.42 Å². The van der Waals surface area contributed by atoms with E-state index in [9.17, 15) is 9.36 Å². The minimum absolute atomic E-state index is 0.185. The van der Waals surface area contributed by atoms with Crippen molar-refractivity contribution < 1.29 is 18.4 Å². The average molecular weight is 239 g/mol. The molecule has 0 amide bonds. The lowest BCUT2D eigenvalue weighted by Crippen LogP contribution is -1.97. The molecule has 1 atom stereocenters. The van der Waals surface area contributed by atoms with Crippen molar-refractivity contribution in [3.63, 3.8) is 0 Å². The van der Waals surface area contributed by atoms with Gasteiger partial charge in [0.2, 0.25) is 0 Å². The van der Waals surface area contributed by atoms with E-state index in [0.717, 1.165) is 10.9 Å². The molecule has 1 N–H and O–H groups in total. The van der Waals surface area contributed by atoms with E-state index in [1.807, 2.05) is 0 Å². The third kappa shape index (κ3) is 2.10.